The normalized spacial score (nSPS) is 10.4. The average molecular weight is 382 g/mol. The molecule has 2 aromatic carbocycles. The summed E-state index contributed by atoms with van der Waals surface area (Å²) in [6, 6.07) is 18.7. The summed E-state index contributed by atoms with van der Waals surface area (Å²) in [5.41, 5.74) is 3.88. The van der Waals surface area contributed by atoms with Gasteiger partial charge in [-0.05, 0) is 42.3 Å². The van der Waals surface area contributed by atoms with Crippen LogP contribution in [0.2, 0.25) is 0 Å². The summed E-state index contributed by atoms with van der Waals surface area (Å²) in [7, 11) is 0. The van der Waals surface area contributed by atoms with Crippen molar-refractivity contribution in [3.05, 3.63) is 83.9 Å². The number of nitrogens with one attached hydrogen (secondary N) is 3. The molecule has 0 spiro atoms. The second-order valence-electron chi connectivity index (χ2n) is 6.47. The molecule has 0 saturated carbocycles. The number of H-pyrrole nitrogens is 1. The number of benzene rings is 2. The zero-order valence-electron chi connectivity index (χ0n) is 15.5. The number of aromatic amines is 1. The summed E-state index contributed by atoms with van der Waals surface area (Å²) in [6.45, 7) is 0.503. The molecular weight excluding hydrogens is 364 g/mol. The van der Waals surface area contributed by atoms with E-state index in [0.717, 1.165) is 28.6 Å². The maximum atomic E-state index is 12.5. The summed E-state index contributed by atoms with van der Waals surface area (Å²) in [6.07, 6.45) is 4.04. The van der Waals surface area contributed by atoms with Crippen LogP contribution in [0.1, 0.15) is 21.6 Å². The van der Waals surface area contributed by atoms with Gasteiger partial charge in [-0.2, -0.15) is 5.26 Å². The van der Waals surface area contributed by atoms with Gasteiger partial charge in [-0.3, -0.25) is 4.79 Å². The molecule has 0 unspecified atom stereocenters. The highest BCUT2D eigenvalue weighted by Gasteiger charge is 2.10. The van der Waals surface area contributed by atoms with Crippen LogP contribution in [0, 0.1) is 11.3 Å². The van der Waals surface area contributed by atoms with E-state index in [2.05, 4.69) is 37.7 Å². The summed E-state index contributed by atoms with van der Waals surface area (Å²) in [5.74, 6) is 0.251. The molecule has 2 aromatic heterocycles. The SMILES string of the molecule is N#Cc1ccc(Nc2cc(C(=O)NCCc3c[nH]c4ccccc34)ncn2)cc1. The Morgan fingerprint density at radius 2 is 1.93 bits per heavy atom. The minimum absolute atomic E-state index is 0.255. The highest BCUT2D eigenvalue weighted by atomic mass is 16.1. The van der Waals surface area contributed by atoms with E-state index in [1.54, 1.807) is 30.3 Å². The van der Waals surface area contributed by atoms with Gasteiger partial charge in [-0.1, -0.05) is 18.2 Å². The molecule has 4 aromatic rings. The second kappa shape index (κ2) is 8.23. The number of fused-ring (bicyclic) bond motifs is 1. The minimum atomic E-state index is -0.255. The first-order chi connectivity index (χ1) is 14.2. The van der Waals surface area contributed by atoms with E-state index < -0.39 is 0 Å². The fraction of sp³-hybridized carbons (Fsp3) is 0.0909. The molecule has 0 aliphatic heterocycles. The van der Waals surface area contributed by atoms with Gasteiger partial charge in [0.1, 0.15) is 17.8 Å². The first-order valence-electron chi connectivity index (χ1n) is 9.15. The Hall–Kier alpha value is -4.18. The van der Waals surface area contributed by atoms with E-state index >= 15 is 0 Å². The first-order valence-corrected chi connectivity index (χ1v) is 9.15. The minimum Gasteiger partial charge on any atom is -0.361 e. The van der Waals surface area contributed by atoms with Crippen molar-refractivity contribution >= 4 is 28.3 Å². The van der Waals surface area contributed by atoms with Crippen LogP contribution in [-0.4, -0.2) is 27.4 Å². The molecule has 0 fully saturated rings. The van der Waals surface area contributed by atoms with E-state index in [1.807, 2.05) is 24.4 Å². The lowest BCUT2D eigenvalue weighted by atomic mass is 10.1. The fourth-order valence-corrected chi connectivity index (χ4v) is 3.07. The zero-order chi connectivity index (χ0) is 20.1. The monoisotopic (exact) mass is 382 g/mol. The van der Waals surface area contributed by atoms with Crippen molar-refractivity contribution < 1.29 is 4.79 Å². The molecule has 7 heteroatoms. The number of nitriles is 1. The van der Waals surface area contributed by atoms with Crippen LogP contribution in [0.3, 0.4) is 0 Å². The third kappa shape index (κ3) is 4.22. The summed E-state index contributed by atoms with van der Waals surface area (Å²) < 4.78 is 0. The number of aromatic nitrogens is 3. The summed E-state index contributed by atoms with van der Waals surface area (Å²) >= 11 is 0. The van der Waals surface area contributed by atoms with E-state index in [1.165, 1.54) is 6.33 Å². The number of para-hydroxylation sites is 1. The Balaban J connectivity index is 1.37. The van der Waals surface area contributed by atoms with Crippen LogP contribution >= 0.6 is 0 Å². The Bertz CT molecular complexity index is 1190. The molecule has 0 atom stereocenters. The van der Waals surface area contributed by atoms with Crippen LogP contribution in [-0.2, 0) is 6.42 Å². The fourth-order valence-electron chi connectivity index (χ4n) is 3.07. The molecule has 142 valence electrons. The predicted molar refractivity (Wildman–Crippen MR) is 111 cm³/mol. The summed E-state index contributed by atoms with van der Waals surface area (Å²) in [5, 5.41) is 16.0. The predicted octanol–water partition coefficient (Wildman–Crippen LogP) is 3.55. The Kier molecular flexibility index (Phi) is 5.16. The molecule has 1 amide bonds. The molecule has 2 heterocycles. The smallest absolute Gasteiger partial charge is 0.270 e. The molecular formula is C22H18N6O. The van der Waals surface area contributed by atoms with Crippen molar-refractivity contribution in [3.63, 3.8) is 0 Å². The molecule has 4 rings (SSSR count). The zero-order valence-corrected chi connectivity index (χ0v) is 15.5. The van der Waals surface area contributed by atoms with Crippen molar-refractivity contribution in [2.24, 2.45) is 0 Å². The van der Waals surface area contributed by atoms with Crippen LogP contribution in [0.15, 0.2) is 67.1 Å². The molecule has 7 nitrogen and oxygen atoms in total. The van der Waals surface area contributed by atoms with Crippen LogP contribution in [0.5, 0.6) is 0 Å². The summed E-state index contributed by atoms with van der Waals surface area (Å²) in [4.78, 5) is 23.9. The number of carbonyl (C=O) groups excluding carboxylic acids is 1. The van der Waals surface area contributed by atoms with E-state index in [0.29, 0.717) is 17.9 Å². The maximum absolute atomic E-state index is 12.5. The number of nitrogens with zero attached hydrogens (tertiary/aromatic N) is 3. The van der Waals surface area contributed by atoms with Crippen molar-refractivity contribution in [2.75, 3.05) is 11.9 Å². The Labute approximate surface area is 167 Å². The number of carbonyl (C=O) groups is 1. The lowest BCUT2D eigenvalue weighted by Crippen LogP contribution is -2.26. The van der Waals surface area contributed by atoms with Crippen molar-refractivity contribution in [2.45, 2.75) is 6.42 Å². The van der Waals surface area contributed by atoms with Crippen molar-refractivity contribution in [1.82, 2.24) is 20.3 Å². The quantitative estimate of drug-likeness (QED) is 0.473. The number of hydrogen-bond acceptors (Lipinski definition) is 5. The molecule has 0 radical (unpaired) electrons. The lowest BCUT2D eigenvalue weighted by molar-refractivity contribution is 0.0949. The number of rotatable bonds is 6. The Morgan fingerprint density at radius 3 is 2.76 bits per heavy atom. The number of amides is 1. The van der Waals surface area contributed by atoms with Crippen molar-refractivity contribution in [1.29, 1.82) is 5.26 Å². The van der Waals surface area contributed by atoms with Gasteiger partial charge in [0.05, 0.1) is 11.6 Å². The largest absolute Gasteiger partial charge is 0.361 e. The molecule has 0 aliphatic carbocycles. The van der Waals surface area contributed by atoms with Gasteiger partial charge >= 0.3 is 0 Å². The van der Waals surface area contributed by atoms with Gasteiger partial charge in [0.15, 0.2) is 0 Å². The van der Waals surface area contributed by atoms with Crippen molar-refractivity contribution in [3.8, 4) is 6.07 Å². The molecule has 29 heavy (non-hydrogen) atoms. The molecule has 3 N–H and O–H groups in total. The highest BCUT2D eigenvalue weighted by Crippen LogP contribution is 2.18. The lowest BCUT2D eigenvalue weighted by Gasteiger charge is -2.08. The highest BCUT2D eigenvalue weighted by molar-refractivity contribution is 5.93. The van der Waals surface area contributed by atoms with Gasteiger partial charge in [-0.15, -0.1) is 0 Å². The number of hydrogen-bond donors (Lipinski definition) is 3. The van der Waals surface area contributed by atoms with Crippen LogP contribution in [0.25, 0.3) is 10.9 Å². The third-order valence-corrected chi connectivity index (χ3v) is 4.54. The molecule has 0 bridgehead atoms. The van der Waals surface area contributed by atoms with Gasteiger partial charge < -0.3 is 15.6 Å². The average Bonchev–Trinajstić information content (AvgIpc) is 3.18. The van der Waals surface area contributed by atoms with Gasteiger partial charge in [-0.25, -0.2) is 9.97 Å². The van der Waals surface area contributed by atoms with E-state index in [-0.39, 0.29) is 11.6 Å². The molecule has 0 aliphatic rings. The Morgan fingerprint density at radius 1 is 1.10 bits per heavy atom. The first kappa shape index (κ1) is 18.2. The second-order valence-corrected chi connectivity index (χ2v) is 6.47. The van der Waals surface area contributed by atoms with Crippen LogP contribution in [0.4, 0.5) is 11.5 Å². The van der Waals surface area contributed by atoms with Gasteiger partial charge in [0.25, 0.3) is 5.91 Å². The van der Waals surface area contributed by atoms with Gasteiger partial charge in [0.2, 0.25) is 0 Å². The third-order valence-electron chi connectivity index (χ3n) is 4.54. The molecule has 0 saturated heterocycles. The van der Waals surface area contributed by atoms with Crippen LogP contribution < -0.4 is 10.6 Å². The number of anilines is 2. The van der Waals surface area contributed by atoms with Gasteiger partial charge in [0, 0.05) is 35.4 Å². The van der Waals surface area contributed by atoms with E-state index in [9.17, 15) is 4.79 Å². The standard InChI is InChI=1S/C22H18N6O/c23-12-15-5-7-17(8-6-15)28-21-11-20(26-14-27-21)22(29)24-10-9-16-13-25-19-4-2-1-3-18(16)19/h1-8,11,13-14,25H,9-10H2,(H,24,29)(H,26,27,28). The maximum Gasteiger partial charge on any atom is 0.270 e. The van der Waals surface area contributed by atoms with E-state index in [4.69, 9.17) is 5.26 Å². The topological polar surface area (TPSA) is 106 Å².